The van der Waals surface area contributed by atoms with Gasteiger partial charge in [-0.1, -0.05) is 29.8 Å². The van der Waals surface area contributed by atoms with Crippen LogP contribution in [-0.4, -0.2) is 18.3 Å². The van der Waals surface area contributed by atoms with Gasteiger partial charge in [0, 0.05) is 16.5 Å². The van der Waals surface area contributed by atoms with E-state index < -0.39 is 0 Å². The third-order valence-corrected chi connectivity index (χ3v) is 4.42. The van der Waals surface area contributed by atoms with Gasteiger partial charge in [-0.3, -0.25) is 5.43 Å². The van der Waals surface area contributed by atoms with E-state index in [1.165, 1.54) is 22.5 Å². The van der Waals surface area contributed by atoms with Gasteiger partial charge in [-0.05, 0) is 37.6 Å². The summed E-state index contributed by atoms with van der Waals surface area (Å²) in [5.74, 6) is 0.790. The summed E-state index contributed by atoms with van der Waals surface area (Å²) < 4.78 is 5.30. The number of anilines is 1. The molecule has 0 saturated carbocycles. The molecule has 1 heterocycles. The van der Waals surface area contributed by atoms with Crippen molar-refractivity contribution in [3.05, 3.63) is 64.5 Å². The average Bonchev–Trinajstić information content (AvgIpc) is 3.06. The van der Waals surface area contributed by atoms with Gasteiger partial charge < -0.3 is 4.74 Å². The molecule has 2 aromatic carbocycles. The maximum atomic E-state index is 5.30. The van der Waals surface area contributed by atoms with Crippen LogP contribution in [0.1, 0.15) is 16.7 Å². The number of benzene rings is 2. The van der Waals surface area contributed by atoms with Crippen LogP contribution in [-0.2, 0) is 0 Å². The highest BCUT2D eigenvalue weighted by Crippen LogP contribution is 2.28. The smallest absolute Gasteiger partial charge is 0.203 e. The lowest BCUT2D eigenvalue weighted by Crippen LogP contribution is -1.93. The molecule has 24 heavy (non-hydrogen) atoms. The molecule has 3 rings (SSSR count). The van der Waals surface area contributed by atoms with E-state index in [2.05, 4.69) is 47.6 Å². The Morgan fingerprint density at radius 3 is 2.83 bits per heavy atom. The fourth-order valence-electron chi connectivity index (χ4n) is 2.39. The molecule has 4 nitrogen and oxygen atoms in total. The summed E-state index contributed by atoms with van der Waals surface area (Å²) in [4.78, 5) is 4.62. The molecule has 3 aromatic rings. The highest BCUT2D eigenvalue weighted by Gasteiger charge is 2.07. The Kier molecular flexibility index (Phi) is 4.91. The van der Waals surface area contributed by atoms with E-state index in [0.29, 0.717) is 0 Å². The van der Waals surface area contributed by atoms with Crippen molar-refractivity contribution in [1.82, 2.24) is 4.98 Å². The molecule has 0 bridgehead atoms. The van der Waals surface area contributed by atoms with E-state index in [1.807, 2.05) is 29.6 Å². The summed E-state index contributed by atoms with van der Waals surface area (Å²) in [7, 11) is 1.65. The Morgan fingerprint density at radius 1 is 1.17 bits per heavy atom. The second-order valence-electron chi connectivity index (χ2n) is 5.47. The number of aryl methyl sites for hydroxylation is 2. The average molecular weight is 337 g/mol. The molecule has 0 saturated heterocycles. The lowest BCUT2D eigenvalue weighted by atomic mass is 10.0. The molecule has 0 aliphatic rings. The molecule has 0 fully saturated rings. The van der Waals surface area contributed by atoms with Crippen molar-refractivity contribution in [2.24, 2.45) is 5.10 Å². The van der Waals surface area contributed by atoms with E-state index in [4.69, 9.17) is 4.74 Å². The number of ether oxygens (including phenoxy) is 1. The number of thiazole rings is 1. The Bertz CT molecular complexity index is 871. The number of hydrazone groups is 1. The Labute approximate surface area is 145 Å². The van der Waals surface area contributed by atoms with Gasteiger partial charge in [-0.25, -0.2) is 4.98 Å². The highest BCUT2D eigenvalue weighted by molar-refractivity contribution is 7.14. The molecular weight excluding hydrogens is 318 g/mol. The minimum absolute atomic E-state index is 0.761. The molecular formula is C19H19N3OS. The minimum atomic E-state index is 0.761. The van der Waals surface area contributed by atoms with E-state index in [0.717, 1.165) is 27.7 Å². The minimum Gasteiger partial charge on any atom is -0.496 e. The van der Waals surface area contributed by atoms with Crippen LogP contribution >= 0.6 is 11.3 Å². The van der Waals surface area contributed by atoms with Crippen LogP contribution in [0.5, 0.6) is 5.75 Å². The summed E-state index contributed by atoms with van der Waals surface area (Å²) in [5.41, 5.74) is 8.48. The van der Waals surface area contributed by atoms with Crippen LogP contribution in [0.2, 0.25) is 0 Å². The summed E-state index contributed by atoms with van der Waals surface area (Å²) in [6.07, 6.45) is 1.73. The second-order valence-corrected chi connectivity index (χ2v) is 6.33. The van der Waals surface area contributed by atoms with Gasteiger partial charge in [0.1, 0.15) is 5.75 Å². The lowest BCUT2D eigenvalue weighted by Gasteiger charge is -2.04. The second kappa shape index (κ2) is 7.27. The Morgan fingerprint density at radius 2 is 2.00 bits per heavy atom. The number of nitrogens with zero attached hydrogens (tertiary/aromatic N) is 2. The van der Waals surface area contributed by atoms with Gasteiger partial charge in [-0.15, -0.1) is 11.3 Å². The SMILES string of the molecule is COc1ccccc1C=NNc1nc(-c2cc(C)ccc2C)cs1. The third kappa shape index (κ3) is 3.63. The molecule has 0 spiro atoms. The third-order valence-electron chi connectivity index (χ3n) is 3.68. The summed E-state index contributed by atoms with van der Waals surface area (Å²) in [5, 5.41) is 7.07. The summed E-state index contributed by atoms with van der Waals surface area (Å²) in [6.45, 7) is 4.19. The maximum absolute atomic E-state index is 5.30. The van der Waals surface area contributed by atoms with Crippen molar-refractivity contribution in [1.29, 1.82) is 0 Å². The standard InChI is InChI=1S/C19H19N3OS/c1-13-8-9-14(2)16(10-13)17-12-24-19(21-17)22-20-11-15-6-4-5-7-18(15)23-3/h4-12H,1-3H3,(H,21,22). The molecule has 0 aliphatic heterocycles. The van der Waals surface area contributed by atoms with Crippen LogP contribution in [0, 0.1) is 13.8 Å². The molecule has 1 N–H and O–H groups in total. The first-order valence-electron chi connectivity index (χ1n) is 7.62. The van der Waals surface area contributed by atoms with Crippen LogP contribution in [0.4, 0.5) is 5.13 Å². The topological polar surface area (TPSA) is 46.5 Å². The first-order chi connectivity index (χ1) is 11.7. The number of hydrogen-bond acceptors (Lipinski definition) is 5. The fraction of sp³-hybridized carbons (Fsp3) is 0.158. The molecule has 0 aliphatic carbocycles. The van der Waals surface area contributed by atoms with Crippen molar-refractivity contribution in [2.45, 2.75) is 13.8 Å². The van der Waals surface area contributed by atoms with E-state index in [1.54, 1.807) is 13.3 Å². The van der Waals surface area contributed by atoms with Crippen LogP contribution in [0.15, 0.2) is 52.9 Å². The van der Waals surface area contributed by atoms with Gasteiger partial charge in [-0.2, -0.15) is 5.10 Å². The van der Waals surface area contributed by atoms with Gasteiger partial charge in [0.2, 0.25) is 5.13 Å². The van der Waals surface area contributed by atoms with E-state index in [9.17, 15) is 0 Å². The maximum Gasteiger partial charge on any atom is 0.203 e. The predicted octanol–water partition coefficient (Wildman–Crippen LogP) is 4.88. The van der Waals surface area contributed by atoms with Crippen LogP contribution in [0.25, 0.3) is 11.3 Å². The van der Waals surface area contributed by atoms with Gasteiger partial charge in [0.05, 0.1) is 19.0 Å². The zero-order valence-corrected chi connectivity index (χ0v) is 14.7. The molecule has 0 unspecified atom stereocenters. The number of methoxy groups -OCH3 is 1. The van der Waals surface area contributed by atoms with Crippen molar-refractivity contribution < 1.29 is 4.74 Å². The zero-order chi connectivity index (χ0) is 16.9. The molecule has 5 heteroatoms. The summed E-state index contributed by atoms with van der Waals surface area (Å²) >= 11 is 1.54. The quantitative estimate of drug-likeness (QED) is 0.533. The molecule has 0 atom stereocenters. The molecule has 122 valence electrons. The van der Waals surface area contributed by atoms with Gasteiger partial charge >= 0.3 is 0 Å². The number of aromatic nitrogens is 1. The highest BCUT2D eigenvalue weighted by atomic mass is 32.1. The van der Waals surface area contributed by atoms with E-state index in [-0.39, 0.29) is 0 Å². The van der Waals surface area contributed by atoms with Gasteiger partial charge in [0.15, 0.2) is 0 Å². The molecule has 0 radical (unpaired) electrons. The van der Waals surface area contributed by atoms with Crippen molar-refractivity contribution in [3.63, 3.8) is 0 Å². The van der Waals surface area contributed by atoms with Crippen molar-refractivity contribution in [3.8, 4) is 17.0 Å². The number of nitrogens with one attached hydrogen (secondary N) is 1. The molecule has 1 aromatic heterocycles. The zero-order valence-electron chi connectivity index (χ0n) is 13.9. The van der Waals surface area contributed by atoms with Crippen molar-refractivity contribution in [2.75, 3.05) is 12.5 Å². The van der Waals surface area contributed by atoms with Gasteiger partial charge in [0.25, 0.3) is 0 Å². The largest absolute Gasteiger partial charge is 0.496 e. The Balaban J connectivity index is 1.75. The van der Waals surface area contributed by atoms with E-state index >= 15 is 0 Å². The summed E-state index contributed by atoms with van der Waals surface area (Å²) in [6, 6.07) is 14.1. The van der Waals surface area contributed by atoms with Crippen LogP contribution < -0.4 is 10.2 Å². The first-order valence-corrected chi connectivity index (χ1v) is 8.50. The molecule has 0 amide bonds. The fourth-order valence-corrected chi connectivity index (χ4v) is 3.05. The first kappa shape index (κ1) is 16.2. The van der Waals surface area contributed by atoms with Crippen LogP contribution in [0.3, 0.4) is 0 Å². The lowest BCUT2D eigenvalue weighted by molar-refractivity contribution is 0.414. The number of para-hydroxylation sites is 1. The van der Waals surface area contributed by atoms with Crippen molar-refractivity contribution >= 4 is 22.7 Å². The Hall–Kier alpha value is -2.66. The number of rotatable bonds is 5. The monoisotopic (exact) mass is 337 g/mol. The number of hydrogen-bond donors (Lipinski definition) is 1. The predicted molar refractivity (Wildman–Crippen MR) is 101 cm³/mol. The normalized spacial score (nSPS) is 11.0.